The Balaban J connectivity index is 2.04. The van der Waals surface area contributed by atoms with Gasteiger partial charge in [0, 0.05) is 0 Å². The molecule has 0 amide bonds. The number of hydrogen-bond acceptors (Lipinski definition) is 7. The van der Waals surface area contributed by atoms with Gasteiger partial charge in [0.15, 0.2) is 17.7 Å². The van der Waals surface area contributed by atoms with Crippen LogP contribution in [0.4, 0.5) is 5.82 Å². The second kappa shape index (κ2) is 4.81. The van der Waals surface area contributed by atoms with Crippen LogP contribution in [-0.2, 0) is 4.74 Å². The van der Waals surface area contributed by atoms with Crippen molar-refractivity contribution in [3.63, 3.8) is 0 Å². The van der Waals surface area contributed by atoms with Gasteiger partial charge in [-0.15, -0.1) is 0 Å². The molecule has 19 heavy (non-hydrogen) atoms. The Labute approximate surface area is 121 Å². The van der Waals surface area contributed by atoms with E-state index < -0.39 is 18.4 Å². The third kappa shape index (κ3) is 1.96. The van der Waals surface area contributed by atoms with Crippen LogP contribution in [0.5, 0.6) is 0 Å². The number of nitrogens with zero attached hydrogens (tertiary/aromatic N) is 4. The molecular weight excluding hydrogens is 365 g/mol. The highest BCUT2D eigenvalue weighted by Gasteiger charge is 2.43. The summed E-state index contributed by atoms with van der Waals surface area (Å²) < 4.78 is 7.12. The van der Waals surface area contributed by atoms with E-state index in [1.54, 1.807) is 10.9 Å². The third-order valence-electron chi connectivity index (χ3n) is 3.13. The maximum atomic E-state index is 9.97. The second-order valence-electron chi connectivity index (χ2n) is 4.27. The summed E-state index contributed by atoms with van der Waals surface area (Å²) in [4.78, 5) is 12.2. The van der Waals surface area contributed by atoms with Gasteiger partial charge in [-0.25, -0.2) is 15.0 Å². The van der Waals surface area contributed by atoms with Gasteiger partial charge in [0.1, 0.15) is 17.9 Å². The van der Waals surface area contributed by atoms with Gasteiger partial charge in [-0.2, -0.15) is 0 Å². The standard InChI is InChI=1S/C10H12IN5O3/c11-5-7(18)4(1-17)19-10(5)16-3-15-6-8(12)13-2-14-9(6)16/h2-5,7,10,17-18H,1H2,(H2,12,13,14). The van der Waals surface area contributed by atoms with Crippen molar-refractivity contribution >= 4 is 39.6 Å². The molecule has 0 radical (unpaired) electrons. The second-order valence-corrected chi connectivity index (χ2v) is 5.70. The number of nitrogen functional groups attached to an aromatic ring is 1. The van der Waals surface area contributed by atoms with Crippen molar-refractivity contribution in [2.45, 2.75) is 22.4 Å². The van der Waals surface area contributed by atoms with Gasteiger partial charge < -0.3 is 20.7 Å². The number of aliphatic hydroxyl groups excluding tert-OH is 2. The van der Waals surface area contributed by atoms with Crippen LogP contribution in [0.25, 0.3) is 11.2 Å². The third-order valence-corrected chi connectivity index (χ3v) is 4.49. The summed E-state index contributed by atoms with van der Waals surface area (Å²) >= 11 is 2.09. The van der Waals surface area contributed by atoms with Crippen LogP contribution in [0, 0.1) is 0 Å². The van der Waals surface area contributed by atoms with E-state index in [9.17, 15) is 5.11 Å². The number of hydrogen-bond donors (Lipinski definition) is 3. The number of aliphatic hydroxyl groups is 2. The molecule has 1 fully saturated rings. The molecule has 0 aromatic carbocycles. The number of halogens is 1. The van der Waals surface area contributed by atoms with Crippen molar-refractivity contribution in [2.75, 3.05) is 12.3 Å². The molecule has 3 heterocycles. The summed E-state index contributed by atoms with van der Waals surface area (Å²) in [5.74, 6) is 0.297. The molecule has 8 nitrogen and oxygen atoms in total. The molecule has 9 heteroatoms. The van der Waals surface area contributed by atoms with E-state index in [4.69, 9.17) is 15.6 Å². The Morgan fingerprint density at radius 2 is 2.21 bits per heavy atom. The monoisotopic (exact) mass is 377 g/mol. The van der Waals surface area contributed by atoms with Gasteiger partial charge in [0.25, 0.3) is 0 Å². The van der Waals surface area contributed by atoms with Crippen molar-refractivity contribution in [3.05, 3.63) is 12.7 Å². The van der Waals surface area contributed by atoms with Crippen LogP contribution in [0.15, 0.2) is 12.7 Å². The minimum absolute atomic E-state index is 0.219. The van der Waals surface area contributed by atoms with E-state index in [1.807, 2.05) is 0 Å². The lowest BCUT2D eigenvalue weighted by Crippen LogP contribution is -2.29. The molecule has 0 bridgehead atoms. The molecule has 0 aliphatic carbocycles. The summed E-state index contributed by atoms with van der Waals surface area (Å²) in [7, 11) is 0. The van der Waals surface area contributed by atoms with Crippen LogP contribution < -0.4 is 5.73 Å². The van der Waals surface area contributed by atoms with Crippen LogP contribution in [0.1, 0.15) is 6.23 Å². The van der Waals surface area contributed by atoms with Gasteiger partial charge >= 0.3 is 0 Å². The van der Waals surface area contributed by atoms with E-state index in [2.05, 4.69) is 37.5 Å². The summed E-state index contributed by atoms with van der Waals surface area (Å²) in [6.07, 6.45) is 1.11. The lowest BCUT2D eigenvalue weighted by molar-refractivity contribution is -0.0429. The molecular formula is C10H12IN5O3. The first-order valence-electron chi connectivity index (χ1n) is 5.65. The average molecular weight is 377 g/mol. The van der Waals surface area contributed by atoms with Crippen LogP contribution in [-0.4, -0.2) is 52.5 Å². The summed E-state index contributed by atoms with van der Waals surface area (Å²) in [6.45, 7) is -0.235. The first-order valence-corrected chi connectivity index (χ1v) is 6.89. The number of imidazole rings is 1. The molecule has 2 aromatic heterocycles. The number of rotatable bonds is 2. The van der Waals surface area contributed by atoms with E-state index in [-0.39, 0.29) is 10.5 Å². The van der Waals surface area contributed by atoms with Crippen LogP contribution in [0.2, 0.25) is 0 Å². The zero-order valence-corrected chi connectivity index (χ0v) is 11.9. The van der Waals surface area contributed by atoms with Gasteiger partial charge in [-0.05, 0) is 0 Å². The predicted molar refractivity (Wildman–Crippen MR) is 74.5 cm³/mol. The number of alkyl halides is 1. The molecule has 4 atom stereocenters. The van der Waals surface area contributed by atoms with E-state index in [0.29, 0.717) is 17.0 Å². The number of aromatic nitrogens is 4. The fourth-order valence-electron chi connectivity index (χ4n) is 2.13. The lowest BCUT2D eigenvalue weighted by Gasteiger charge is -2.16. The van der Waals surface area contributed by atoms with Crippen molar-refractivity contribution in [1.29, 1.82) is 0 Å². The van der Waals surface area contributed by atoms with Crippen molar-refractivity contribution in [3.8, 4) is 0 Å². The molecule has 1 aliphatic heterocycles. The van der Waals surface area contributed by atoms with E-state index in [0.717, 1.165) is 0 Å². The number of ether oxygens (including phenoxy) is 1. The fraction of sp³-hybridized carbons (Fsp3) is 0.500. The zero-order valence-electron chi connectivity index (χ0n) is 9.72. The minimum Gasteiger partial charge on any atom is -0.394 e. The zero-order chi connectivity index (χ0) is 13.6. The molecule has 4 unspecified atom stereocenters. The molecule has 0 saturated carbocycles. The first-order chi connectivity index (χ1) is 9.13. The topological polar surface area (TPSA) is 119 Å². The maximum Gasteiger partial charge on any atom is 0.167 e. The van der Waals surface area contributed by atoms with Crippen LogP contribution in [0.3, 0.4) is 0 Å². The van der Waals surface area contributed by atoms with Crippen LogP contribution >= 0.6 is 22.6 Å². The Morgan fingerprint density at radius 1 is 1.42 bits per heavy atom. The normalized spacial score (nSPS) is 31.1. The smallest absolute Gasteiger partial charge is 0.167 e. The Kier molecular flexibility index (Phi) is 3.28. The molecule has 1 saturated heterocycles. The van der Waals surface area contributed by atoms with Gasteiger partial charge in [-0.3, -0.25) is 4.57 Å². The number of nitrogens with two attached hydrogens (primary N) is 1. The Hall–Kier alpha value is -1.04. The molecule has 3 rings (SSSR count). The summed E-state index contributed by atoms with van der Waals surface area (Å²) in [6, 6.07) is 0. The largest absolute Gasteiger partial charge is 0.394 e. The highest BCUT2D eigenvalue weighted by atomic mass is 127. The Morgan fingerprint density at radius 3 is 2.89 bits per heavy atom. The van der Waals surface area contributed by atoms with Gasteiger partial charge in [0.05, 0.1) is 23.0 Å². The SMILES string of the molecule is Nc1ncnc2c1ncn2C1OC(CO)C(O)C1I. The quantitative estimate of drug-likeness (QED) is 0.475. The van der Waals surface area contributed by atoms with E-state index >= 15 is 0 Å². The molecule has 2 aromatic rings. The Bertz CT molecular complexity index is 606. The highest BCUT2D eigenvalue weighted by Crippen LogP contribution is 2.36. The first kappa shape index (κ1) is 13.0. The average Bonchev–Trinajstić information content (AvgIpc) is 2.94. The molecule has 102 valence electrons. The molecule has 1 aliphatic rings. The lowest BCUT2D eigenvalue weighted by atomic mass is 10.2. The molecule has 4 N–H and O–H groups in total. The number of fused-ring (bicyclic) bond motifs is 1. The van der Waals surface area contributed by atoms with Crippen molar-refractivity contribution in [1.82, 2.24) is 19.5 Å². The summed E-state index contributed by atoms with van der Waals surface area (Å²) in [5, 5.41) is 19.1. The van der Waals surface area contributed by atoms with Gasteiger partial charge in [-0.1, -0.05) is 22.6 Å². The highest BCUT2D eigenvalue weighted by molar-refractivity contribution is 14.1. The van der Waals surface area contributed by atoms with Crippen molar-refractivity contribution < 1.29 is 14.9 Å². The van der Waals surface area contributed by atoms with Crippen molar-refractivity contribution in [2.24, 2.45) is 0 Å². The minimum atomic E-state index is -0.743. The predicted octanol–water partition coefficient (Wildman–Crippen LogP) is -0.537. The number of anilines is 1. The summed E-state index contributed by atoms with van der Waals surface area (Å²) in [5.41, 5.74) is 6.77. The van der Waals surface area contributed by atoms with Gasteiger partial charge in [0.2, 0.25) is 0 Å². The maximum absolute atomic E-state index is 9.97. The van der Waals surface area contributed by atoms with E-state index in [1.165, 1.54) is 6.33 Å². The molecule has 0 spiro atoms. The fourth-order valence-corrected chi connectivity index (χ4v) is 3.11.